The van der Waals surface area contributed by atoms with E-state index in [1.807, 2.05) is 6.07 Å². The highest BCUT2D eigenvalue weighted by Gasteiger charge is 2.70. The lowest BCUT2D eigenvalue weighted by atomic mass is 9.47. The number of ether oxygens (including phenoxy) is 2. The third-order valence-electron chi connectivity index (χ3n) is 7.50. The fourth-order valence-corrected chi connectivity index (χ4v) is 6.21. The molecule has 1 fully saturated rings. The van der Waals surface area contributed by atoms with E-state index < -0.39 is 35.0 Å². The molecule has 0 saturated heterocycles. The molecule has 1 aromatic carbocycles. The Labute approximate surface area is 189 Å². The number of benzene rings is 1. The third kappa shape index (κ3) is 3.13. The van der Waals surface area contributed by atoms with Crippen molar-refractivity contribution in [3.8, 4) is 11.5 Å². The van der Waals surface area contributed by atoms with Crippen LogP contribution in [0.1, 0.15) is 43.2 Å². The molecule has 3 aliphatic carbocycles. The van der Waals surface area contributed by atoms with E-state index in [1.165, 1.54) is 0 Å². The number of hydrogen-bond donors (Lipinski definition) is 4. The van der Waals surface area contributed by atoms with Crippen LogP contribution >= 0.6 is 0 Å². The normalized spacial score (nSPS) is 30.8. The highest BCUT2D eigenvalue weighted by Crippen LogP contribution is 2.67. The van der Waals surface area contributed by atoms with Crippen molar-refractivity contribution in [3.63, 3.8) is 0 Å². The van der Waals surface area contributed by atoms with Crippen molar-refractivity contribution in [1.29, 1.82) is 0 Å². The molecular formula is C24H25NO8. The van der Waals surface area contributed by atoms with Gasteiger partial charge in [0.15, 0.2) is 17.6 Å². The van der Waals surface area contributed by atoms with Crippen LogP contribution in [-0.4, -0.2) is 51.4 Å². The first-order valence-electron chi connectivity index (χ1n) is 11.1. The summed E-state index contributed by atoms with van der Waals surface area (Å²) in [5, 5.41) is 33.4. The lowest BCUT2D eigenvalue weighted by Gasteiger charge is -2.59. The van der Waals surface area contributed by atoms with E-state index in [0.717, 1.165) is 36.5 Å². The molecule has 33 heavy (non-hydrogen) atoms. The molecule has 1 heterocycles. The second-order valence-corrected chi connectivity index (χ2v) is 9.13. The van der Waals surface area contributed by atoms with Crippen LogP contribution in [-0.2, 0) is 31.0 Å². The number of aliphatic carboxylic acids is 1. The van der Waals surface area contributed by atoms with Gasteiger partial charge < -0.3 is 30.1 Å². The second-order valence-electron chi connectivity index (χ2n) is 9.13. The average molecular weight is 455 g/mol. The van der Waals surface area contributed by atoms with Crippen molar-refractivity contribution >= 4 is 17.8 Å². The zero-order valence-corrected chi connectivity index (χ0v) is 17.9. The van der Waals surface area contributed by atoms with Crippen LogP contribution in [0.4, 0.5) is 0 Å². The van der Waals surface area contributed by atoms with Crippen molar-refractivity contribution in [2.24, 2.45) is 5.92 Å². The monoisotopic (exact) mass is 455 g/mol. The summed E-state index contributed by atoms with van der Waals surface area (Å²) < 4.78 is 11.8. The Hall–Kier alpha value is -3.33. The molecule has 4 atom stereocenters. The predicted molar refractivity (Wildman–Crippen MR) is 113 cm³/mol. The van der Waals surface area contributed by atoms with Crippen molar-refractivity contribution in [2.75, 3.05) is 6.54 Å². The predicted octanol–water partition coefficient (Wildman–Crippen LogP) is 1.46. The molecule has 9 nitrogen and oxygen atoms in total. The number of carbonyl (C=O) groups excluding carboxylic acids is 2. The summed E-state index contributed by atoms with van der Waals surface area (Å²) in [5.41, 5.74) is 0.0783. The first-order chi connectivity index (χ1) is 15.8. The summed E-state index contributed by atoms with van der Waals surface area (Å²) >= 11 is 0. The molecule has 4 N–H and O–H groups in total. The van der Waals surface area contributed by atoms with Gasteiger partial charge in [-0.3, -0.25) is 9.59 Å². The smallest absolute Gasteiger partial charge is 0.328 e. The first kappa shape index (κ1) is 21.5. The van der Waals surface area contributed by atoms with Gasteiger partial charge in [-0.25, -0.2) is 4.79 Å². The van der Waals surface area contributed by atoms with E-state index in [0.29, 0.717) is 30.4 Å². The number of esters is 1. The molecule has 2 bridgehead atoms. The summed E-state index contributed by atoms with van der Waals surface area (Å²) in [6.45, 7) is -0.0251. The van der Waals surface area contributed by atoms with Crippen LogP contribution in [0.25, 0.3) is 0 Å². The minimum Gasteiger partial charge on any atom is -0.504 e. The van der Waals surface area contributed by atoms with Crippen LogP contribution in [0.3, 0.4) is 0 Å². The third-order valence-corrected chi connectivity index (χ3v) is 7.50. The molecule has 0 aromatic heterocycles. The van der Waals surface area contributed by atoms with E-state index in [2.05, 4.69) is 5.32 Å². The largest absolute Gasteiger partial charge is 0.504 e. The van der Waals surface area contributed by atoms with Crippen LogP contribution in [0.15, 0.2) is 36.1 Å². The summed E-state index contributed by atoms with van der Waals surface area (Å²) in [4.78, 5) is 34.5. The van der Waals surface area contributed by atoms with Crippen LogP contribution in [0.2, 0.25) is 0 Å². The fraction of sp³-hybridized carbons (Fsp3) is 0.458. The van der Waals surface area contributed by atoms with Gasteiger partial charge in [0.25, 0.3) is 0 Å². The average Bonchev–Trinajstić information content (AvgIpc) is 3.11. The van der Waals surface area contributed by atoms with Crippen LogP contribution in [0.5, 0.6) is 11.5 Å². The number of phenols is 1. The van der Waals surface area contributed by atoms with E-state index in [-0.39, 0.29) is 24.6 Å². The SMILES string of the molecule is O=C(O)/C=C/C(=O)NCCC(=O)OC1=CC[C@@]2(O)[C@@H]3CCC[C@@]24c2c(ccc(O)c2O[C@@H]14)C3. The highest BCUT2D eigenvalue weighted by molar-refractivity contribution is 5.94. The molecule has 4 aliphatic rings. The topological polar surface area (TPSA) is 142 Å². The maximum absolute atomic E-state index is 12.5. The maximum atomic E-state index is 12.5. The lowest BCUT2D eigenvalue weighted by Crippen LogP contribution is -2.67. The van der Waals surface area contributed by atoms with Gasteiger partial charge in [0.2, 0.25) is 5.91 Å². The van der Waals surface area contributed by atoms with E-state index >= 15 is 0 Å². The number of hydrogen-bond acceptors (Lipinski definition) is 7. The van der Waals surface area contributed by atoms with Crippen molar-refractivity contribution < 1.29 is 39.2 Å². The summed E-state index contributed by atoms with van der Waals surface area (Å²) in [5.74, 6) is -1.72. The highest BCUT2D eigenvalue weighted by atomic mass is 16.6. The molecule has 1 saturated carbocycles. The lowest BCUT2D eigenvalue weighted by molar-refractivity contribution is -0.159. The van der Waals surface area contributed by atoms with Gasteiger partial charge in [-0.05, 0) is 49.3 Å². The van der Waals surface area contributed by atoms with E-state index in [9.17, 15) is 24.6 Å². The number of carboxylic acids is 1. The molecule has 0 unspecified atom stereocenters. The Balaban J connectivity index is 1.36. The van der Waals surface area contributed by atoms with Crippen molar-refractivity contribution in [1.82, 2.24) is 5.32 Å². The number of phenolic OH excluding ortho intramolecular Hbond substituents is 1. The minimum absolute atomic E-state index is 0.00621. The Morgan fingerprint density at radius 3 is 2.88 bits per heavy atom. The van der Waals surface area contributed by atoms with Gasteiger partial charge in [0.1, 0.15) is 5.76 Å². The maximum Gasteiger partial charge on any atom is 0.328 e. The zero-order valence-electron chi connectivity index (χ0n) is 17.9. The second kappa shape index (κ2) is 7.62. The number of carbonyl (C=O) groups is 3. The molecule has 1 aliphatic heterocycles. The summed E-state index contributed by atoms with van der Waals surface area (Å²) in [7, 11) is 0. The zero-order chi connectivity index (χ0) is 23.4. The summed E-state index contributed by atoms with van der Waals surface area (Å²) in [6, 6.07) is 3.50. The number of rotatable bonds is 6. The minimum atomic E-state index is -1.24. The van der Waals surface area contributed by atoms with Crippen LogP contribution < -0.4 is 10.1 Å². The van der Waals surface area contributed by atoms with Gasteiger partial charge in [-0.2, -0.15) is 0 Å². The van der Waals surface area contributed by atoms with Gasteiger partial charge in [0.05, 0.1) is 17.4 Å². The van der Waals surface area contributed by atoms with Crippen molar-refractivity contribution in [3.05, 3.63) is 47.2 Å². The van der Waals surface area contributed by atoms with Gasteiger partial charge in [0, 0.05) is 24.3 Å². The number of aliphatic hydroxyl groups is 1. The van der Waals surface area contributed by atoms with E-state index in [4.69, 9.17) is 14.6 Å². The molecule has 1 spiro atoms. The van der Waals surface area contributed by atoms with Gasteiger partial charge >= 0.3 is 11.9 Å². The molecule has 9 heteroatoms. The van der Waals surface area contributed by atoms with Crippen molar-refractivity contribution in [2.45, 2.75) is 55.6 Å². The molecule has 174 valence electrons. The molecule has 5 rings (SSSR count). The molecular weight excluding hydrogens is 430 g/mol. The fourth-order valence-electron chi connectivity index (χ4n) is 6.21. The van der Waals surface area contributed by atoms with Gasteiger partial charge in [-0.1, -0.05) is 12.5 Å². The van der Waals surface area contributed by atoms with E-state index in [1.54, 1.807) is 12.1 Å². The number of amides is 1. The van der Waals surface area contributed by atoms with Crippen LogP contribution in [0, 0.1) is 5.92 Å². The Kier molecular flexibility index (Phi) is 4.97. The molecule has 0 radical (unpaired) electrons. The quantitative estimate of drug-likeness (QED) is 0.373. The Bertz CT molecular complexity index is 1110. The number of nitrogens with one attached hydrogen (secondary N) is 1. The molecule has 1 amide bonds. The standard InChI is InChI=1S/C24H25NO8/c26-15-4-3-13-12-14-2-1-9-23-20(13)21(15)33-22(23)16(7-10-24(14,23)31)32-19(30)8-11-25-17(27)5-6-18(28)29/h3-7,14,22,26,31H,1-2,8-12H2,(H,25,27)(H,28,29)/b6-5+/t14-,22+,23+,24-/m1/s1. The number of carboxylic acid groups (broad SMARTS) is 1. The Morgan fingerprint density at radius 1 is 1.27 bits per heavy atom. The van der Waals surface area contributed by atoms with Gasteiger partial charge in [-0.15, -0.1) is 0 Å². The Morgan fingerprint density at radius 2 is 2.09 bits per heavy atom. The first-order valence-corrected chi connectivity index (χ1v) is 11.1. The molecule has 1 aromatic rings. The number of aromatic hydroxyl groups is 1. The summed E-state index contributed by atoms with van der Waals surface area (Å²) in [6.07, 6.45) is 5.95.